The second-order valence-corrected chi connectivity index (χ2v) is 18.2. The van der Waals surface area contributed by atoms with Crippen LogP contribution in [0.3, 0.4) is 0 Å². The molecule has 172 valence electrons. The third kappa shape index (κ3) is 3.23. The molecule has 1 aliphatic heterocycles. The maximum atomic E-state index is 7.47. The van der Waals surface area contributed by atoms with Gasteiger partial charge in [0.15, 0.2) is 0 Å². The Hall–Kier alpha value is -0.153. The summed E-state index contributed by atoms with van der Waals surface area (Å²) < 4.78 is 7.47. The van der Waals surface area contributed by atoms with Gasteiger partial charge in [0.25, 0.3) is 0 Å². The lowest BCUT2D eigenvalue weighted by molar-refractivity contribution is -0.0525. The van der Waals surface area contributed by atoms with E-state index >= 15 is 0 Å². The number of hydrogen-bond donors (Lipinski definition) is 0. The Bertz CT molecular complexity index is 648. The summed E-state index contributed by atoms with van der Waals surface area (Å²) in [6, 6.07) is 0. The molecule has 2 nitrogen and oxygen atoms in total. The lowest BCUT2D eigenvalue weighted by atomic mass is 9.50. The van der Waals surface area contributed by atoms with Crippen LogP contribution in [0.4, 0.5) is 0 Å². The topological polar surface area (TPSA) is 21.6 Å². The van der Waals surface area contributed by atoms with Crippen molar-refractivity contribution < 1.29 is 4.43 Å². The summed E-state index contributed by atoms with van der Waals surface area (Å²) in [5.41, 5.74) is 4.41. The van der Waals surface area contributed by atoms with Gasteiger partial charge in [-0.25, -0.2) is 0 Å². The van der Waals surface area contributed by atoms with Crippen LogP contribution in [0.25, 0.3) is 0 Å². The van der Waals surface area contributed by atoms with Gasteiger partial charge >= 0.3 is 0 Å². The van der Waals surface area contributed by atoms with E-state index in [1.54, 1.807) is 5.71 Å². The molecular formula is C27H49NOSi. The molecule has 3 aliphatic carbocycles. The van der Waals surface area contributed by atoms with Gasteiger partial charge in [0.05, 0.1) is 6.10 Å². The summed E-state index contributed by atoms with van der Waals surface area (Å²) in [4.78, 5) is 5.27. The highest BCUT2D eigenvalue weighted by Crippen LogP contribution is 2.63. The summed E-state index contributed by atoms with van der Waals surface area (Å²) in [7, 11) is -1.83. The van der Waals surface area contributed by atoms with E-state index < -0.39 is 8.32 Å². The molecule has 0 saturated heterocycles. The molecule has 1 unspecified atom stereocenters. The highest BCUT2D eigenvalue weighted by molar-refractivity contribution is 6.77. The molecule has 1 heterocycles. The predicted molar refractivity (Wildman–Crippen MR) is 132 cm³/mol. The quantitative estimate of drug-likeness (QED) is 0.404. The molecule has 0 aromatic rings. The van der Waals surface area contributed by atoms with Gasteiger partial charge in [0, 0.05) is 17.7 Å². The van der Waals surface area contributed by atoms with Gasteiger partial charge in [-0.3, -0.25) is 4.99 Å². The van der Waals surface area contributed by atoms with Crippen molar-refractivity contribution in [2.75, 3.05) is 6.54 Å². The van der Waals surface area contributed by atoms with Crippen LogP contribution in [-0.2, 0) is 4.43 Å². The van der Waals surface area contributed by atoms with E-state index in [1.807, 2.05) is 0 Å². The van der Waals surface area contributed by atoms with Crippen molar-refractivity contribution >= 4 is 14.0 Å². The van der Waals surface area contributed by atoms with Crippen molar-refractivity contribution in [2.24, 2.45) is 33.6 Å². The molecule has 3 saturated carbocycles. The number of hydrogen-bond acceptors (Lipinski definition) is 2. The normalized spacial score (nSPS) is 41.6. The summed E-state index contributed by atoms with van der Waals surface area (Å²) in [6.45, 7) is 21.0. The van der Waals surface area contributed by atoms with E-state index in [0.29, 0.717) is 33.6 Å². The van der Waals surface area contributed by atoms with Crippen LogP contribution in [0.1, 0.15) is 107 Å². The van der Waals surface area contributed by atoms with Gasteiger partial charge < -0.3 is 4.43 Å². The van der Waals surface area contributed by atoms with Crippen molar-refractivity contribution in [1.29, 1.82) is 0 Å². The van der Waals surface area contributed by atoms with E-state index in [1.165, 1.54) is 51.4 Å². The smallest absolute Gasteiger partial charge is 0.200 e. The minimum Gasteiger partial charge on any atom is -0.413 e. The van der Waals surface area contributed by atoms with Crippen molar-refractivity contribution in [3.63, 3.8) is 0 Å². The van der Waals surface area contributed by atoms with Crippen molar-refractivity contribution in [3.05, 3.63) is 0 Å². The average Bonchev–Trinajstić information content (AvgIpc) is 3.00. The molecule has 0 N–H and O–H groups in total. The molecular weight excluding hydrogens is 382 g/mol. The summed E-state index contributed by atoms with van der Waals surface area (Å²) in [6.07, 6.45) is 11.4. The van der Waals surface area contributed by atoms with E-state index in [4.69, 9.17) is 9.42 Å². The molecule has 0 spiro atoms. The van der Waals surface area contributed by atoms with E-state index in [-0.39, 0.29) is 0 Å². The first kappa shape index (κ1) is 23.0. The largest absolute Gasteiger partial charge is 0.413 e. The molecule has 6 atom stereocenters. The Balaban J connectivity index is 1.61. The average molecular weight is 432 g/mol. The first-order valence-electron chi connectivity index (χ1n) is 13.3. The van der Waals surface area contributed by atoms with Crippen molar-refractivity contribution in [1.82, 2.24) is 0 Å². The Morgan fingerprint density at radius 3 is 2.17 bits per heavy atom. The number of nitrogens with zero attached hydrogens (tertiary/aromatic N) is 1. The van der Waals surface area contributed by atoms with Gasteiger partial charge in [-0.2, -0.15) is 0 Å². The first-order valence-corrected chi connectivity index (χ1v) is 15.4. The predicted octanol–water partition coefficient (Wildman–Crippen LogP) is 8.02. The molecule has 3 heteroatoms. The highest BCUT2D eigenvalue weighted by atomic mass is 28.4. The zero-order chi connectivity index (χ0) is 21.9. The van der Waals surface area contributed by atoms with Gasteiger partial charge in [-0.15, -0.1) is 0 Å². The third-order valence-electron chi connectivity index (χ3n) is 10.7. The summed E-state index contributed by atoms with van der Waals surface area (Å²) in [5.74, 6) is 2.50. The molecule has 4 rings (SSSR count). The molecule has 30 heavy (non-hydrogen) atoms. The molecule has 0 aromatic carbocycles. The second-order valence-electron chi connectivity index (χ2n) is 12.8. The Kier molecular flexibility index (Phi) is 6.15. The van der Waals surface area contributed by atoms with Gasteiger partial charge in [0.1, 0.15) is 0 Å². The Morgan fingerprint density at radius 1 is 0.867 bits per heavy atom. The maximum Gasteiger partial charge on any atom is 0.200 e. The summed E-state index contributed by atoms with van der Waals surface area (Å²) in [5, 5.41) is 0. The van der Waals surface area contributed by atoms with E-state index in [0.717, 1.165) is 24.3 Å². The lowest BCUT2D eigenvalue weighted by Crippen LogP contribution is -2.57. The lowest BCUT2D eigenvalue weighted by Gasteiger charge is -2.57. The zero-order valence-electron chi connectivity index (χ0n) is 21.3. The molecule has 0 radical (unpaired) electrons. The van der Waals surface area contributed by atoms with Crippen LogP contribution < -0.4 is 0 Å². The minimum atomic E-state index is -1.83. The fourth-order valence-corrected chi connectivity index (χ4v) is 14.9. The standard InChI is InChI=1S/C27H49NOSi/c1-18(2)30(19(3)4,20(5)6)29-25-13-12-22-21-17-28-24-11-9-10-15-26(24,7)23(21)14-16-27(22,25)8/h18-23,25H,9-17H2,1-8H3/t21-,22-,23-,25?,26+,27-/m0/s1. The van der Waals surface area contributed by atoms with Crippen LogP contribution in [0.2, 0.25) is 16.6 Å². The number of aliphatic imine (C=N–C) groups is 1. The molecule has 0 aromatic heterocycles. The Morgan fingerprint density at radius 2 is 1.53 bits per heavy atom. The van der Waals surface area contributed by atoms with Crippen LogP contribution in [0, 0.1) is 28.6 Å². The number of rotatable bonds is 5. The molecule has 0 amide bonds. The van der Waals surface area contributed by atoms with Crippen LogP contribution in [0.5, 0.6) is 0 Å². The number of fused-ring (bicyclic) bond motifs is 5. The van der Waals surface area contributed by atoms with Crippen LogP contribution in [0.15, 0.2) is 4.99 Å². The van der Waals surface area contributed by atoms with E-state index in [2.05, 4.69) is 55.4 Å². The molecule has 3 fully saturated rings. The fourth-order valence-electron chi connectivity index (χ4n) is 9.22. The van der Waals surface area contributed by atoms with Gasteiger partial charge in [-0.1, -0.05) is 61.8 Å². The van der Waals surface area contributed by atoms with Crippen LogP contribution in [-0.4, -0.2) is 26.7 Å². The molecule has 0 bridgehead atoms. The van der Waals surface area contributed by atoms with E-state index in [9.17, 15) is 0 Å². The minimum absolute atomic E-state index is 0.371. The van der Waals surface area contributed by atoms with Gasteiger partial charge in [0.2, 0.25) is 8.32 Å². The molecule has 4 aliphatic rings. The highest BCUT2D eigenvalue weighted by Gasteiger charge is 2.61. The Labute approximate surface area is 188 Å². The third-order valence-corrected chi connectivity index (χ3v) is 16.8. The second kappa shape index (κ2) is 8.01. The van der Waals surface area contributed by atoms with Gasteiger partial charge in [-0.05, 0) is 84.7 Å². The van der Waals surface area contributed by atoms with Crippen molar-refractivity contribution in [2.45, 2.75) is 129 Å². The van der Waals surface area contributed by atoms with Crippen molar-refractivity contribution in [3.8, 4) is 0 Å². The maximum absolute atomic E-state index is 7.47. The fraction of sp³-hybridized carbons (Fsp3) is 0.963. The first-order chi connectivity index (χ1) is 14.1. The summed E-state index contributed by atoms with van der Waals surface area (Å²) >= 11 is 0. The SMILES string of the molecule is CC(C)[Si](OC1CC[C@H]2[C@@H]3CN=C4CCCC[C@]4(C)[C@H]3CC[C@]12C)(C(C)C)C(C)C. The zero-order valence-corrected chi connectivity index (χ0v) is 22.3. The monoisotopic (exact) mass is 431 g/mol. The van der Waals surface area contributed by atoms with Crippen LogP contribution >= 0.6 is 0 Å².